The van der Waals surface area contributed by atoms with Crippen molar-refractivity contribution in [1.29, 1.82) is 0 Å². The number of benzene rings is 2. The molecule has 2 saturated heterocycles. The first-order valence-corrected chi connectivity index (χ1v) is 13.4. The van der Waals surface area contributed by atoms with E-state index < -0.39 is 0 Å². The minimum atomic E-state index is 1.05. The molecule has 1 N–H and O–H groups in total. The number of piperazine rings is 2. The van der Waals surface area contributed by atoms with Crippen LogP contribution in [-0.4, -0.2) is 98.0 Å². The van der Waals surface area contributed by atoms with E-state index in [2.05, 4.69) is 87.4 Å². The summed E-state index contributed by atoms with van der Waals surface area (Å²) in [7, 11) is 6.61. The van der Waals surface area contributed by atoms with Crippen LogP contribution in [0.25, 0.3) is 0 Å². The Morgan fingerprint density at radius 1 is 0.543 bits per heavy atom. The molecule has 4 aliphatic rings. The van der Waals surface area contributed by atoms with Crippen LogP contribution >= 0.6 is 0 Å². The number of hydrogen-bond acceptors (Lipinski definition) is 6. The van der Waals surface area contributed by atoms with Gasteiger partial charge in [-0.2, -0.15) is 0 Å². The van der Waals surface area contributed by atoms with Crippen molar-refractivity contribution in [2.75, 3.05) is 73.5 Å². The van der Waals surface area contributed by atoms with Gasteiger partial charge in [-0.05, 0) is 54.5 Å². The monoisotopic (exact) mass is 476 g/mol. The molecular formula is C29H44N6. The molecular weight excluding hydrogens is 432 g/mol. The van der Waals surface area contributed by atoms with Crippen molar-refractivity contribution < 1.29 is 0 Å². The van der Waals surface area contributed by atoms with Crippen molar-refractivity contribution in [2.24, 2.45) is 0 Å². The molecule has 190 valence electrons. The van der Waals surface area contributed by atoms with E-state index in [1.165, 1.54) is 85.7 Å². The first-order valence-electron chi connectivity index (χ1n) is 13.4. The highest BCUT2D eigenvalue weighted by Crippen LogP contribution is 2.23. The van der Waals surface area contributed by atoms with E-state index in [1.54, 1.807) is 0 Å². The second-order valence-electron chi connectivity index (χ2n) is 11.1. The molecule has 0 amide bonds. The standard InChI is InChI=1S/C15H23N3.C14H21N3/c1-16-5-7-18(8-6-16)10-13-3-4-14-11-17(2)12-15(14)9-13;1-16-4-6-17(7-5-16)11-12-2-3-13-9-15-10-14(13)8-12/h3-4,9H,5-8,10-12H2,1-2H3;2-3,8,15H,4-7,9-11H2,1H3. The van der Waals surface area contributed by atoms with E-state index in [-0.39, 0.29) is 0 Å². The predicted octanol–water partition coefficient (Wildman–Crippen LogP) is 2.42. The summed E-state index contributed by atoms with van der Waals surface area (Å²) in [4.78, 5) is 12.3. The summed E-state index contributed by atoms with van der Waals surface area (Å²) < 4.78 is 0. The molecule has 0 bridgehead atoms. The van der Waals surface area contributed by atoms with Gasteiger partial charge in [0.25, 0.3) is 0 Å². The van der Waals surface area contributed by atoms with Gasteiger partial charge in [0, 0.05) is 91.6 Å². The summed E-state index contributed by atoms with van der Waals surface area (Å²) in [5.74, 6) is 0. The number of fused-ring (bicyclic) bond motifs is 2. The third-order valence-electron chi connectivity index (χ3n) is 8.06. The zero-order valence-corrected chi connectivity index (χ0v) is 22.1. The predicted molar refractivity (Wildman–Crippen MR) is 144 cm³/mol. The third kappa shape index (κ3) is 6.70. The highest BCUT2D eigenvalue weighted by atomic mass is 15.2. The summed E-state index contributed by atoms with van der Waals surface area (Å²) >= 11 is 0. The Morgan fingerprint density at radius 2 is 1.03 bits per heavy atom. The van der Waals surface area contributed by atoms with Crippen LogP contribution in [0, 0.1) is 0 Å². The average Bonchev–Trinajstić information content (AvgIpc) is 3.47. The van der Waals surface area contributed by atoms with Gasteiger partial charge < -0.3 is 15.1 Å². The number of rotatable bonds is 4. The first-order chi connectivity index (χ1) is 17.0. The summed E-state index contributed by atoms with van der Waals surface area (Å²) in [6, 6.07) is 14.0. The van der Waals surface area contributed by atoms with Gasteiger partial charge in [0.2, 0.25) is 0 Å². The van der Waals surface area contributed by atoms with Crippen molar-refractivity contribution >= 4 is 0 Å². The topological polar surface area (TPSA) is 28.2 Å². The third-order valence-corrected chi connectivity index (χ3v) is 8.06. The normalized spacial score (nSPS) is 22.0. The maximum absolute atomic E-state index is 3.40. The molecule has 4 heterocycles. The Morgan fingerprint density at radius 3 is 1.63 bits per heavy atom. The molecule has 6 rings (SSSR count). The Balaban J connectivity index is 0.000000145. The van der Waals surface area contributed by atoms with Gasteiger partial charge in [0.05, 0.1) is 0 Å². The van der Waals surface area contributed by atoms with Crippen LogP contribution < -0.4 is 5.32 Å². The smallest absolute Gasteiger partial charge is 0.0237 e. The molecule has 0 radical (unpaired) electrons. The van der Waals surface area contributed by atoms with Crippen LogP contribution in [0.1, 0.15) is 33.4 Å². The minimum absolute atomic E-state index is 1.05. The lowest BCUT2D eigenvalue weighted by Gasteiger charge is -2.32. The highest BCUT2D eigenvalue weighted by molar-refractivity contribution is 5.35. The van der Waals surface area contributed by atoms with Gasteiger partial charge in [0.1, 0.15) is 0 Å². The molecule has 35 heavy (non-hydrogen) atoms. The summed E-state index contributed by atoms with van der Waals surface area (Å²) in [6.45, 7) is 16.2. The van der Waals surface area contributed by atoms with Crippen LogP contribution in [0.5, 0.6) is 0 Å². The Labute approximate surface area is 212 Å². The molecule has 2 aromatic carbocycles. The van der Waals surface area contributed by atoms with E-state index >= 15 is 0 Å². The maximum Gasteiger partial charge on any atom is 0.0237 e. The van der Waals surface area contributed by atoms with Gasteiger partial charge in [0.15, 0.2) is 0 Å². The molecule has 2 fully saturated rings. The molecule has 4 aliphatic heterocycles. The van der Waals surface area contributed by atoms with Crippen molar-refractivity contribution in [3.05, 3.63) is 69.8 Å². The minimum Gasteiger partial charge on any atom is -0.309 e. The zero-order valence-electron chi connectivity index (χ0n) is 22.1. The van der Waals surface area contributed by atoms with Gasteiger partial charge >= 0.3 is 0 Å². The molecule has 6 heteroatoms. The molecule has 0 saturated carbocycles. The second-order valence-corrected chi connectivity index (χ2v) is 11.1. The molecule has 0 unspecified atom stereocenters. The van der Waals surface area contributed by atoms with Crippen LogP contribution in [0.3, 0.4) is 0 Å². The molecule has 0 aromatic heterocycles. The molecule has 2 aromatic rings. The van der Waals surface area contributed by atoms with Crippen molar-refractivity contribution in [2.45, 2.75) is 39.3 Å². The fraction of sp³-hybridized carbons (Fsp3) is 0.586. The average molecular weight is 477 g/mol. The Kier molecular flexibility index (Phi) is 8.18. The summed E-state index contributed by atoms with van der Waals surface area (Å²) in [6.07, 6.45) is 0. The van der Waals surface area contributed by atoms with Gasteiger partial charge in [-0.15, -0.1) is 0 Å². The van der Waals surface area contributed by atoms with Gasteiger partial charge in [-0.25, -0.2) is 0 Å². The SMILES string of the molecule is CN1CCN(Cc2ccc3c(c2)CN(C)C3)CC1.CN1CCN(Cc2ccc3c(c2)CNC3)CC1. The number of likely N-dealkylation sites (N-methyl/N-ethyl adjacent to an activating group) is 2. The molecule has 0 spiro atoms. The summed E-state index contributed by atoms with van der Waals surface area (Å²) in [5, 5.41) is 3.40. The van der Waals surface area contributed by atoms with Crippen molar-refractivity contribution in [3.63, 3.8) is 0 Å². The summed E-state index contributed by atoms with van der Waals surface area (Å²) in [5.41, 5.74) is 8.97. The maximum atomic E-state index is 3.40. The largest absolute Gasteiger partial charge is 0.309 e. The van der Waals surface area contributed by atoms with Gasteiger partial charge in [-0.1, -0.05) is 36.4 Å². The quantitative estimate of drug-likeness (QED) is 0.729. The van der Waals surface area contributed by atoms with Crippen LogP contribution in [0.2, 0.25) is 0 Å². The first kappa shape index (κ1) is 24.9. The lowest BCUT2D eigenvalue weighted by Crippen LogP contribution is -2.43. The van der Waals surface area contributed by atoms with Crippen LogP contribution in [0.15, 0.2) is 36.4 Å². The molecule has 0 aliphatic carbocycles. The number of hydrogen-bond donors (Lipinski definition) is 1. The Bertz CT molecular complexity index is 975. The molecule has 6 nitrogen and oxygen atoms in total. The van der Waals surface area contributed by atoms with E-state index in [0.29, 0.717) is 0 Å². The van der Waals surface area contributed by atoms with Crippen molar-refractivity contribution in [1.82, 2.24) is 29.8 Å². The lowest BCUT2D eigenvalue weighted by atomic mass is 10.1. The number of nitrogens with one attached hydrogen (secondary N) is 1. The van der Waals surface area contributed by atoms with E-state index in [9.17, 15) is 0 Å². The fourth-order valence-electron chi connectivity index (χ4n) is 5.69. The lowest BCUT2D eigenvalue weighted by molar-refractivity contribution is 0.148. The molecule has 0 atom stereocenters. The van der Waals surface area contributed by atoms with E-state index in [4.69, 9.17) is 0 Å². The second kappa shape index (κ2) is 11.5. The van der Waals surface area contributed by atoms with E-state index in [0.717, 1.165) is 39.3 Å². The van der Waals surface area contributed by atoms with E-state index in [1.807, 2.05) is 0 Å². The number of nitrogens with zero attached hydrogens (tertiary/aromatic N) is 5. The van der Waals surface area contributed by atoms with Crippen molar-refractivity contribution in [3.8, 4) is 0 Å². The highest BCUT2D eigenvalue weighted by Gasteiger charge is 2.18. The Hall–Kier alpha value is -1.80. The fourth-order valence-corrected chi connectivity index (χ4v) is 5.69. The zero-order chi connectivity index (χ0) is 24.2. The van der Waals surface area contributed by atoms with Crippen LogP contribution in [-0.2, 0) is 39.3 Å². The van der Waals surface area contributed by atoms with Crippen LogP contribution in [0.4, 0.5) is 0 Å². The van der Waals surface area contributed by atoms with Gasteiger partial charge in [-0.3, -0.25) is 14.7 Å².